The number of nitrogens with two attached hydrogens (primary N) is 2. The van der Waals surface area contributed by atoms with Gasteiger partial charge in [0.1, 0.15) is 35.2 Å². The van der Waals surface area contributed by atoms with Crippen LogP contribution in [-0.2, 0) is 40.0 Å². The highest BCUT2D eigenvalue weighted by atomic mass is 32.2. The molecule has 16 nitrogen and oxygen atoms in total. The minimum atomic E-state index is -1.32. The maximum Gasteiger partial charge on any atom is 0.331 e. The minimum absolute atomic E-state index is 0.00467. The third-order valence-electron chi connectivity index (χ3n) is 7.59. The van der Waals surface area contributed by atoms with E-state index in [4.69, 9.17) is 11.5 Å². The molecule has 6 amide bonds. The number of carbonyl (C=O) groups excluding carboxylic acids is 6. The van der Waals surface area contributed by atoms with E-state index in [1.165, 1.54) is 12.1 Å². The van der Waals surface area contributed by atoms with Gasteiger partial charge in [-0.1, -0.05) is 32.4 Å². The Hall–Kier alpha value is -4.67. The second-order valence-corrected chi connectivity index (χ2v) is 12.6. The topological polar surface area (TPSA) is 263 Å². The molecule has 1 saturated heterocycles. The molecule has 0 bridgehead atoms. The van der Waals surface area contributed by atoms with Crippen molar-refractivity contribution in [3.8, 4) is 5.75 Å². The Balaban J connectivity index is 2.49. The molecule has 264 valence electrons. The lowest BCUT2D eigenvalue weighted by atomic mass is 10.0. The van der Waals surface area contributed by atoms with Gasteiger partial charge in [-0.25, -0.2) is 9.37 Å². The molecule has 1 heterocycles. The maximum atomic E-state index is 13.6. The molecule has 1 aliphatic heterocycles. The van der Waals surface area contributed by atoms with Crippen LogP contribution in [0.4, 0.5) is 0 Å². The Morgan fingerprint density at radius 3 is 2.04 bits per heavy atom. The zero-order valence-electron chi connectivity index (χ0n) is 27.1. The second kappa shape index (κ2) is 19.9. The van der Waals surface area contributed by atoms with Crippen LogP contribution >= 0.6 is 11.8 Å². The van der Waals surface area contributed by atoms with Gasteiger partial charge in [-0.3, -0.25) is 34.5 Å². The van der Waals surface area contributed by atoms with E-state index in [0.717, 1.165) is 22.7 Å². The number of carboxylic acids is 1. The molecule has 1 aromatic rings. The van der Waals surface area contributed by atoms with Gasteiger partial charge in [-0.05, 0) is 37.0 Å². The molecule has 1 fully saturated rings. The molecule has 0 aromatic heterocycles. The summed E-state index contributed by atoms with van der Waals surface area (Å²) in [5.41, 5.74) is 11.6. The van der Waals surface area contributed by atoms with Crippen LogP contribution in [0.15, 0.2) is 24.3 Å². The number of thioether (sulfide) groups is 1. The molecular weight excluding hydrogens is 646 g/mol. The maximum absolute atomic E-state index is 13.6. The number of phenols is 1. The highest BCUT2D eigenvalue weighted by Crippen LogP contribution is 2.18. The molecule has 0 aliphatic carbocycles. The molecule has 48 heavy (non-hydrogen) atoms. The number of benzene rings is 1. The molecular formula is C31H46N7O9S+. The van der Waals surface area contributed by atoms with E-state index in [-0.39, 0.29) is 63.0 Å². The number of nitrogens with zero attached hydrogens (tertiary/aromatic N) is 1. The lowest BCUT2D eigenvalue weighted by Gasteiger charge is -2.26. The highest BCUT2D eigenvalue weighted by molar-refractivity contribution is 8.00. The van der Waals surface area contributed by atoms with E-state index in [1.807, 2.05) is 0 Å². The van der Waals surface area contributed by atoms with Gasteiger partial charge < -0.3 is 37.2 Å². The molecule has 5 atom stereocenters. The number of nitrogens with one attached hydrogen (secondary N) is 4. The predicted octanol–water partition coefficient (Wildman–Crippen LogP) is -1.14. The first-order valence-corrected chi connectivity index (χ1v) is 16.8. The average Bonchev–Trinajstić information content (AvgIpc) is 3.04. The van der Waals surface area contributed by atoms with Crippen LogP contribution in [0.1, 0.15) is 64.4 Å². The third-order valence-corrected chi connectivity index (χ3v) is 8.87. The first-order chi connectivity index (χ1) is 22.8. The van der Waals surface area contributed by atoms with Crippen molar-refractivity contribution in [1.82, 2.24) is 21.3 Å². The van der Waals surface area contributed by atoms with Gasteiger partial charge in [0.15, 0.2) is 0 Å². The molecule has 2 rings (SSSR count). The summed E-state index contributed by atoms with van der Waals surface area (Å²) >= 11 is 0.985. The van der Waals surface area contributed by atoms with Gasteiger partial charge in [-0.2, -0.15) is 0 Å². The van der Waals surface area contributed by atoms with E-state index in [1.54, 1.807) is 26.0 Å². The van der Waals surface area contributed by atoms with Crippen molar-refractivity contribution < 1.29 is 48.4 Å². The van der Waals surface area contributed by atoms with Gasteiger partial charge in [0.2, 0.25) is 35.9 Å². The number of primary amides is 1. The predicted molar refractivity (Wildman–Crippen MR) is 177 cm³/mol. The Bertz CT molecular complexity index is 1360. The number of phenolic OH excluding ortho intramolecular Hbond substituents is 1. The van der Waals surface area contributed by atoms with Crippen molar-refractivity contribution in [3.05, 3.63) is 29.8 Å². The second-order valence-electron chi connectivity index (χ2n) is 11.3. The van der Waals surface area contributed by atoms with Crippen molar-refractivity contribution in [2.45, 2.75) is 94.6 Å². The summed E-state index contributed by atoms with van der Waals surface area (Å²) in [5.74, 6) is -5.17. The van der Waals surface area contributed by atoms with Crippen LogP contribution < -0.4 is 32.7 Å². The normalized spacial score (nSPS) is 24.9. The fraction of sp³-hybridized carbons (Fsp3) is 0.548. The molecule has 17 heteroatoms. The summed E-state index contributed by atoms with van der Waals surface area (Å²) < 4.78 is 1.09. The monoisotopic (exact) mass is 692 g/mol. The fourth-order valence-corrected chi connectivity index (χ4v) is 5.90. The van der Waals surface area contributed by atoms with Crippen molar-refractivity contribution in [2.24, 2.45) is 11.5 Å². The number of hydrogen-bond acceptors (Lipinski definition) is 9. The van der Waals surface area contributed by atoms with Gasteiger partial charge >= 0.3 is 11.9 Å². The van der Waals surface area contributed by atoms with Crippen LogP contribution in [0.25, 0.3) is 0 Å². The number of aliphatic carboxylic acids is 1. The van der Waals surface area contributed by atoms with Gasteiger partial charge in [0.25, 0.3) is 0 Å². The summed E-state index contributed by atoms with van der Waals surface area (Å²) in [6.45, 7) is 3.31. The summed E-state index contributed by atoms with van der Waals surface area (Å²) in [6.07, 6.45) is 1.08. The average molecular weight is 693 g/mol. The molecule has 1 aliphatic rings. The zero-order chi connectivity index (χ0) is 35.8. The SMILES string of the molecule is CCCC1NC(=O)C(Cc2ccc(O)cc2)NC(=O)CCSC(C(=O)O)CC[N+](=CN)C(=O)C(CC)NC(=O)C(CCC(N)=O)NC1=O. The van der Waals surface area contributed by atoms with Crippen molar-refractivity contribution >= 4 is 59.5 Å². The fourth-order valence-electron chi connectivity index (χ4n) is 4.90. The number of carbonyl (C=O) groups is 7. The van der Waals surface area contributed by atoms with Crippen LogP contribution in [0.2, 0.25) is 0 Å². The summed E-state index contributed by atoms with van der Waals surface area (Å²) in [4.78, 5) is 90.4. The Morgan fingerprint density at radius 2 is 1.50 bits per heavy atom. The Labute approximate surface area is 282 Å². The molecule has 0 spiro atoms. The smallest absolute Gasteiger partial charge is 0.331 e. The van der Waals surface area contributed by atoms with Gasteiger partial charge in [0, 0.05) is 31.4 Å². The molecule has 5 unspecified atom stereocenters. The number of hydrogen-bond donors (Lipinski definition) is 8. The van der Waals surface area contributed by atoms with Crippen molar-refractivity contribution in [1.29, 1.82) is 0 Å². The van der Waals surface area contributed by atoms with Gasteiger partial charge in [0.05, 0.1) is 6.54 Å². The highest BCUT2D eigenvalue weighted by Gasteiger charge is 2.33. The van der Waals surface area contributed by atoms with Crippen molar-refractivity contribution in [2.75, 3.05) is 12.3 Å². The first-order valence-electron chi connectivity index (χ1n) is 15.8. The quantitative estimate of drug-likeness (QED) is 0.113. The molecule has 1 aromatic carbocycles. The third kappa shape index (κ3) is 12.8. The number of aromatic hydroxyl groups is 1. The Morgan fingerprint density at radius 1 is 0.917 bits per heavy atom. The van der Waals surface area contributed by atoms with Crippen LogP contribution in [-0.4, -0.2) is 104 Å². The van der Waals surface area contributed by atoms with Crippen LogP contribution in [0.3, 0.4) is 0 Å². The first kappa shape index (κ1) is 39.5. The number of rotatable bonds is 9. The molecule has 0 radical (unpaired) electrons. The van der Waals surface area contributed by atoms with E-state index >= 15 is 0 Å². The zero-order valence-corrected chi connectivity index (χ0v) is 27.9. The van der Waals surface area contributed by atoms with E-state index in [0.29, 0.717) is 12.0 Å². The minimum Gasteiger partial charge on any atom is -0.508 e. The van der Waals surface area contributed by atoms with Crippen LogP contribution in [0, 0.1) is 0 Å². The number of amides is 6. The van der Waals surface area contributed by atoms with Crippen molar-refractivity contribution in [3.63, 3.8) is 0 Å². The van der Waals surface area contributed by atoms with E-state index in [2.05, 4.69) is 21.3 Å². The lowest BCUT2D eigenvalue weighted by Crippen LogP contribution is -2.58. The Kier molecular flexibility index (Phi) is 16.4. The lowest BCUT2D eigenvalue weighted by molar-refractivity contribution is -0.448. The van der Waals surface area contributed by atoms with E-state index < -0.39 is 70.8 Å². The largest absolute Gasteiger partial charge is 0.508 e. The van der Waals surface area contributed by atoms with Gasteiger partial charge in [-0.15, -0.1) is 11.8 Å². The van der Waals surface area contributed by atoms with Crippen LogP contribution in [0.5, 0.6) is 5.75 Å². The summed E-state index contributed by atoms with van der Waals surface area (Å²) in [7, 11) is 0. The number of carboxylic acid groups (broad SMARTS) is 1. The molecule has 10 N–H and O–H groups in total. The summed E-state index contributed by atoms with van der Waals surface area (Å²) in [6, 6.07) is 1.28. The molecule has 0 saturated carbocycles. The summed E-state index contributed by atoms with van der Waals surface area (Å²) in [5, 5.41) is 28.9. The van der Waals surface area contributed by atoms with E-state index in [9.17, 15) is 43.8 Å². The standard InChI is InChI=1S/C31H45N7O9S/c1-3-5-21-27(42)37-22(10-11-25(33)40)28(43)35-20(4-2)30(45)38(17-32)14-12-24(31(46)47)48-15-13-26(41)34-23(29(44)36-21)16-18-6-8-19(39)9-7-18/h6-9,17,20-24,32H,3-5,10-16H2,1-2H3,(H8,33,34,35,36,37,39,40,41,42,43,44,46,47)/p+1.